The van der Waals surface area contributed by atoms with Crippen molar-refractivity contribution in [1.82, 2.24) is 10.6 Å². The number of sulfone groups is 1. The van der Waals surface area contributed by atoms with Gasteiger partial charge in [0.1, 0.15) is 5.82 Å². The zero-order chi connectivity index (χ0) is 19.3. The molecule has 0 atom stereocenters. The smallest absolute Gasteiger partial charge is 0.191 e. The maximum absolute atomic E-state index is 13.9. The minimum Gasteiger partial charge on any atom is -0.352 e. The predicted molar refractivity (Wildman–Crippen MR) is 121 cm³/mol. The number of aliphatic imine (C=N–C) groups is 1. The summed E-state index contributed by atoms with van der Waals surface area (Å²) in [4.78, 5) is 4.44. The lowest BCUT2D eigenvalue weighted by Gasteiger charge is -2.13. The fraction of sp³-hybridized carbons (Fsp3) is 0.278. The average Bonchev–Trinajstić information content (AvgIpc) is 2.55. The SMILES string of the molecule is CN=C(NCc1ccc(S(C)(=O)=O)c(C)c1)NCc1ccc(Br)cc1F.I. The number of hydrogen-bond acceptors (Lipinski definition) is 3. The second-order valence-corrected chi connectivity index (χ2v) is 8.79. The molecular formula is C18H22BrFIN3O2S. The lowest BCUT2D eigenvalue weighted by Crippen LogP contribution is -2.36. The molecular weight excluding hydrogens is 548 g/mol. The minimum absolute atomic E-state index is 0. The first kappa shape index (κ1) is 23.8. The van der Waals surface area contributed by atoms with Gasteiger partial charge in [-0.3, -0.25) is 4.99 Å². The maximum atomic E-state index is 13.9. The number of aryl methyl sites for hydroxylation is 1. The van der Waals surface area contributed by atoms with Gasteiger partial charge in [0.05, 0.1) is 4.90 Å². The molecule has 0 saturated carbocycles. The van der Waals surface area contributed by atoms with Crippen molar-refractivity contribution in [2.45, 2.75) is 24.9 Å². The van der Waals surface area contributed by atoms with Crippen LogP contribution < -0.4 is 10.6 Å². The van der Waals surface area contributed by atoms with E-state index in [9.17, 15) is 12.8 Å². The quantitative estimate of drug-likeness (QED) is 0.327. The molecule has 0 bridgehead atoms. The van der Waals surface area contributed by atoms with E-state index in [1.54, 1.807) is 38.2 Å². The highest BCUT2D eigenvalue weighted by atomic mass is 127. The molecule has 27 heavy (non-hydrogen) atoms. The summed E-state index contributed by atoms with van der Waals surface area (Å²) >= 11 is 3.23. The summed E-state index contributed by atoms with van der Waals surface area (Å²) in [6, 6.07) is 10.1. The molecule has 2 aromatic rings. The molecule has 0 aromatic heterocycles. The number of benzene rings is 2. The van der Waals surface area contributed by atoms with Crippen LogP contribution >= 0.6 is 39.9 Å². The number of nitrogens with zero attached hydrogens (tertiary/aromatic N) is 1. The number of hydrogen-bond donors (Lipinski definition) is 2. The van der Waals surface area contributed by atoms with Crippen molar-refractivity contribution < 1.29 is 12.8 Å². The van der Waals surface area contributed by atoms with Crippen LogP contribution in [0.2, 0.25) is 0 Å². The average molecular weight is 570 g/mol. The van der Waals surface area contributed by atoms with E-state index in [0.717, 1.165) is 5.56 Å². The molecule has 0 unspecified atom stereocenters. The third-order valence-corrected chi connectivity index (χ3v) is 5.53. The van der Waals surface area contributed by atoms with Crippen molar-refractivity contribution in [3.05, 3.63) is 63.4 Å². The normalized spacial score (nSPS) is 11.7. The van der Waals surface area contributed by atoms with E-state index in [2.05, 4.69) is 31.6 Å². The van der Waals surface area contributed by atoms with Crippen LogP contribution in [0, 0.1) is 12.7 Å². The van der Waals surface area contributed by atoms with E-state index in [0.29, 0.717) is 39.5 Å². The van der Waals surface area contributed by atoms with Gasteiger partial charge in [0.2, 0.25) is 0 Å². The molecule has 0 aliphatic heterocycles. The number of nitrogens with one attached hydrogen (secondary N) is 2. The molecule has 0 fully saturated rings. The Morgan fingerprint density at radius 3 is 2.37 bits per heavy atom. The Morgan fingerprint density at radius 1 is 1.15 bits per heavy atom. The molecule has 148 valence electrons. The van der Waals surface area contributed by atoms with Crippen molar-refractivity contribution in [1.29, 1.82) is 0 Å². The van der Waals surface area contributed by atoms with Crippen molar-refractivity contribution >= 4 is 55.7 Å². The first-order valence-electron chi connectivity index (χ1n) is 7.88. The molecule has 0 aliphatic carbocycles. The van der Waals surface area contributed by atoms with Crippen molar-refractivity contribution in [2.75, 3.05) is 13.3 Å². The van der Waals surface area contributed by atoms with E-state index in [-0.39, 0.29) is 29.8 Å². The molecule has 9 heteroatoms. The summed E-state index contributed by atoms with van der Waals surface area (Å²) in [5, 5.41) is 6.18. The van der Waals surface area contributed by atoms with E-state index < -0.39 is 9.84 Å². The van der Waals surface area contributed by atoms with Gasteiger partial charge in [-0.05, 0) is 36.2 Å². The van der Waals surface area contributed by atoms with Gasteiger partial charge in [0.25, 0.3) is 0 Å². The summed E-state index contributed by atoms with van der Waals surface area (Å²) in [6.07, 6.45) is 1.19. The van der Waals surface area contributed by atoms with E-state index in [1.165, 1.54) is 12.3 Å². The molecule has 0 heterocycles. The van der Waals surface area contributed by atoms with Crippen molar-refractivity contribution in [3.63, 3.8) is 0 Å². The van der Waals surface area contributed by atoms with E-state index in [1.807, 2.05) is 6.07 Å². The number of halogens is 3. The van der Waals surface area contributed by atoms with Crippen LogP contribution in [0.5, 0.6) is 0 Å². The number of rotatable bonds is 5. The topological polar surface area (TPSA) is 70.6 Å². The highest BCUT2D eigenvalue weighted by Gasteiger charge is 2.11. The lowest BCUT2D eigenvalue weighted by molar-refractivity contribution is 0.601. The third-order valence-electron chi connectivity index (χ3n) is 3.78. The zero-order valence-corrected chi connectivity index (χ0v) is 19.9. The van der Waals surface area contributed by atoms with Crippen LogP contribution in [0.3, 0.4) is 0 Å². The molecule has 0 radical (unpaired) electrons. The van der Waals surface area contributed by atoms with Crippen LogP contribution in [0.4, 0.5) is 4.39 Å². The second-order valence-electron chi connectivity index (χ2n) is 5.89. The largest absolute Gasteiger partial charge is 0.352 e. The molecule has 0 aliphatic rings. The monoisotopic (exact) mass is 569 g/mol. The number of guanidine groups is 1. The lowest BCUT2D eigenvalue weighted by atomic mass is 10.1. The minimum atomic E-state index is -3.23. The van der Waals surface area contributed by atoms with Gasteiger partial charge in [0, 0.05) is 36.4 Å². The second kappa shape index (κ2) is 10.4. The van der Waals surface area contributed by atoms with Crippen LogP contribution in [-0.4, -0.2) is 27.7 Å². The Labute approximate surface area is 184 Å². The van der Waals surface area contributed by atoms with Crippen LogP contribution in [0.1, 0.15) is 16.7 Å². The summed E-state index contributed by atoms with van der Waals surface area (Å²) in [5.41, 5.74) is 2.16. The first-order chi connectivity index (χ1) is 12.2. The molecule has 0 amide bonds. The molecule has 2 aromatic carbocycles. The van der Waals surface area contributed by atoms with Crippen LogP contribution in [-0.2, 0) is 22.9 Å². The fourth-order valence-corrected chi connectivity index (χ4v) is 3.78. The van der Waals surface area contributed by atoms with Crippen molar-refractivity contribution in [3.8, 4) is 0 Å². The highest BCUT2D eigenvalue weighted by Crippen LogP contribution is 2.17. The zero-order valence-electron chi connectivity index (χ0n) is 15.2. The molecule has 2 rings (SSSR count). The fourth-order valence-electron chi connectivity index (χ4n) is 2.49. The van der Waals surface area contributed by atoms with E-state index in [4.69, 9.17) is 0 Å². The van der Waals surface area contributed by atoms with Gasteiger partial charge in [-0.1, -0.05) is 34.1 Å². The molecule has 2 N–H and O–H groups in total. The van der Waals surface area contributed by atoms with E-state index >= 15 is 0 Å². The highest BCUT2D eigenvalue weighted by molar-refractivity contribution is 14.0. The van der Waals surface area contributed by atoms with Crippen LogP contribution in [0.25, 0.3) is 0 Å². The van der Waals surface area contributed by atoms with Gasteiger partial charge in [0.15, 0.2) is 15.8 Å². The van der Waals surface area contributed by atoms with Crippen molar-refractivity contribution in [2.24, 2.45) is 4.99 Å². The Bertz CT molecular complexity index is 936. The Kier molecular flexibility index (Phi) is 9.16. The van der Waals surface area contributed by atoms with Gasteiger partial charge in [-0.25, -0.2) is 12.8 Å². The maximum Gasteiger partial charge on any atom is 0.191 e. The molecule has 5 nitrogen and oxygen atoms in total. The summed E-state index contributed by atoms with van der Waals surface area (Å²) < 4.78 is 37.9. The summed E-state index contributed by atoms with van der Waals surface area (Å²) in [5.74, 6) is 0.228. The van der Waals surface area contributed by atoms with Gasteiger partial charge < -0.3 is 10.6 Å². The Balaban J connectivity index is 0.00000364. The van der Waals surface area contributed by atoms with Gasteiger partial charge in [-0.15, -0.1) is 24.0 Å². The Morgan fingerprint density at radius 2 is 1.81 bits per heavy atom. The Hall–Kier alpha value is -1.20. The third kappa shape index (κ3) is 7.04. The standard InChI is InChI=1S/C18H21BrFN3O2S.HI/c1-12-8-13(4-7-17(12)26(3,24)25)10-22-18(21-2)23-11-14-5-6-15(19)9-16(14)20;/h4-9H,10-11H2,1-3H3,(H2,21,22,23);1H. The predicted octanol–water partition coefficient (Wildman–Crippen LogP) is 3.78. The first-order valence-corrected chi connectivity index (χ1v) is 10.6. The van der Waals surface area contributed by atoms with Gasteiger partial charge in [-0.2, -0.15) is 0 Å². The molecule has 0 spiro atoms. The summed E-state index contributed by atoms with van der Waals surface area (Å²) in [6.45, 7) is 2.53. The summed E-state index contributed by atoms with van der Waals surface area (Å²) in [7, 11) is -1.60. The molecule has 0 saturated heterocycles. The van der Waals surface area contributed by atoms with Crippen LogP contribution in [0.15, 0.2) is 50.8 Å². The van der Waals surface area contributed by atoms with Gasteiger partial charge >= 0.3 is 0 Å².